The molecule has 498 valence electrons. The third-order valence-corrected chi connectivity index (χ3v) is 17.4. The lowest BCUT2D eigenvalue weighted by molar-refractivity contribution is -0.285. The molecule has 2 heterocycles. The van der Waals surface area contributed by atoms with E-state index in [1.54, 1.807) is 99.1 Å². The summed E-state index contributed by atoms with van der Waals surface area (Å²) in [5, 5.41) is 17.4. The van der Waals surface area contributed by atoms with Gasteiger partial charge in [-0.3, -0.25) is 43.3 Å². The van der Waals surface area contributed by atoms with Crippen LogP contribution in [-0.4, -0.2) is 154 Å². The molecule has 7 rings (SSSR count). The SMILES string of the molecule is CN[C@@H](C)C(=O)N[C@H](C(=O)N1Cc2cc(NC(=O)C(F)(F)C(F)(F)C(F)(F)C(=O)N[C@H]3C[C@@H](C(=O)N[C@@H]4CCCc5ccccc54)N(C(=O)[C@@H](NC(=O)[C@H](C)N(C)C(=O)OC(C)(C)C)C(C)(C)C)C3)ccc2C[C@H]1C(=O)N[C@@H]1CCCc2ccccc21)C(C)(C)C. The highest BCUT2D eigenvalue weighted by Crippen LogP contribution is 2.47. The Labute approximate surface area is 526 Å². The molecular formula is C65H86F6N10O10. The van der Waals surface area contributed by atoms with Crippen molar-refractivity contribution in [2.75, 3.05) is 26.0 Å². The molecule has 3 aromatic rings. The zero-order valence-electron chi connectivity index (χ0n) is 53.8. The highest BCUT2D eigenvalue weighted by atomic mass is 19.3. The Bertz CT molecular complexity index is 3270. The van der Waals surface area contributed by atoms with E-state index in [0.29, 0.717) is 31.2 Å². The number of anilines is 1. The minimum absolute atomic E-state index is 0.136. The molecule has 0 spiro atoms. The Morgan fingerprint density at radius 1 is 0.604 bits per heavy atom. The lowest BCUT2D eigenvalue weighted by atomic mass is 9.83. The fourth-order valence-corrected chi connectivity index (χ4v) is 11.8. The van der Waals surface area contributed by atoms with Crippen LogP contribution in [0.25, 0.3) is 0 Å². The fourth-order valence-electron chi connectivity index (χ4n) is 11.8. The molecule has 2 aliphatic carbocycles. The molecular weight excluding hydrogens is 1190 g/mol. The second-order valence-corrected chi connectivity index (χ2v) is 27.5. The van der Waals surface area contributed by atoms with Gasteiger partial charge in [-0.25, -0.2) is 4.79 Å². The Balaban J connectivity index is 1.12. The first-order valence-corrected chi connectivity index (χ1v) is 30.7. The molecule has 91 heavy (non-hydrogen) atoms. The van der Waals surface area contributed by atoms with Crippen LogP contribution in [0, 0.1) is 10.8 Å². The highest BCUT2D eigenvalue weighted by molar-refractivity contribution is 5.99. The van der Waals surface area contributed by atoms with Crippen molar-refractivity contribution >= 4 is 59.0 Å². The van der Waals surface area contributed by atoms with Crippen LogP contribution in [0.4, 0.5) is 36.8 Å². The molecule has 9 atom stereocenters. The van der Waals surface area contributed by atoms with Gasteiger partial charge in [0, 0.05) is 38.3 Å². The summed E-state index contributed by atoms with van der Waals surface area (Å²) in [6.45, 7) is 16.2. The number of rotatable bonds is 18. The summed E-state index contributed by atoms with van der Waals surface area (Å²) in [4.78, 5) is 129. The monoisotopic (exact) mass is 1280 g/mol. The predicted octanol–water partition coefficient (Wildman–Crippen LogP) is 7.18. The number of nitrogens with one attached hydrogen (secondary N) is 7. The number of amides is 9. The molecule has 4 aliphatic rings. The second kappa shape index (κ2) is 27.2. The fraction of sp³-hybridized carbons (Fsp3) is 0.585. The van der Waals surface area contributed by atoms with Crippen LogP contribution in [0.2, 0.25) is 0 Å². The van der Waals surface area contributed by atoms with Gasteiger partial charge in [-0.15, -0.1) is 0 Å². The van der Waals surface area contributed by atoms with Gasteiger partial charge in [-0.05, 0) is 143 Å². The van der Waals surface area contributed by atoms with Crippen molar-refractivity contribution in [3.05, 3.63) is 100 Å². The smallest absolute Gasteiger partial charge is 0.410 e. The van der Waals surface area contributed by atoms with E-state index in [1.807, 2.05) is 36.4 Å². The van der Waals surface area contributed by atoms with Gasteiger partial charge in [0.25, 0.3) is 5.91 Å². The topological polar surface area (TPSA) is 257 Å². The Hall–Kier alpha value is -7.77. The summed E-state index contributed by atoms with van der Waals surface area (Å²) in [5.41, 5.74) is 0.413. The summed E-state index contributed by atoms with van der Waals surface area (Å²) < 4.78 is 102. The maximum absolute atomic E-state index is 16.1. The van der Waals surface area contributed by atoms with Crippen molar-refractivity contribution < 1.29 is 74.2 Å². The first-order valence-electron chi connectivity index (χ1n) is 30.7. The number of ether oxygens (including phenoxy) is 1. The van der Waals surface area contributed by atoms with Crippen LogP contribution < -0.4 is 37.2 Å². The number of aryl methyl sites for hydroxylation is 2. The molecule has 0 radical (unpaired) electrons. The number of halogens is 6. The van der Waals surface area contributed by atoms with E-state index >= 15 is 26.3 Å². The van der Waals surface area contributed by atoms with Gasteiger partial charge < -0.3 is 51.8 Å². The van der Waals surface area contributed by atoms with Crippen molar-refractivity contribution in [2.45, 2.75) is 212 Å². The van der Waals surface area contributed by atoms with E-state index in [0.717, 1.165) is 57.0 Å². The Kier molecular flexibility index (Phi) is 21.1. The minimum Gasteiger partial charge on any atom is -0.444 e. The minimum atomic E-state index is -6.76. The molecule has 0 unspecified atom stereocenters. The number of carbonyl (C=O) groups excluding carboxylic acids is 9. The van der Waals surface area contributed by atoms with Crippen LogP contribution in [0.3, 0.4) is 0 Å². The molecule has 0 saturated carbocycles. The largest absolute Gasteiger partial charge is 0.444 e. The number of benzene rings is 3. The molecule has 1 saturated heterocycles. The number of likely N-dealkylation sites (N-methyl/N-ethyl adjacent to an activating group) is 2. The number of likely N-dealkylation sites (tertiary alicyclic amines) is 1. The average Bonchev–Trinajstić information content (AvgIpc) is 1.22. The average molecular weight is 1280 g/mol. The van der Waals surface area contributed by atoms with Crippen LogP contribution in [-0.2, 0) is 68.9 Å². The summed E-state index contributed by atoms with van der Waals surface area (Å²) in [7, 11) is 2.83. The van der Waals surface area contributed by atoms with Crippen molar-refractivity contribution in [1.29, 1.82) is 0 Å². The zero-order valence-corrected chi connectivity index (χ0v) is 53.8. The van der Waals surface area contributed by atoms with Crippen LogP contribution in [0.15, 0.2) is 66.7 Å². The molecule has 7 N–H and O–H groups in total. The van der Waals surface area contributed by atoms with Crippen molar-refractivity contribution in [1.82, 2.24) is 46.6 Å². The first kappa shape index (κ1) is 70.7. The van der Waals surface area contributed by atoms with E-state index < -0.39 is 167 Å². The lowest BCUT2D eigenvalue weighted by Gasteiger charge is -2.42. The van der Waals surface area contributed by atoms with E-state index in [2.05, 4.69) is 26.6 Å². The first-order chi connectivity index (χ1) is 42.2. The molecule has 26 heteroatoms. The van der Waals surface area contributed by atoms with E-state index in [-0.39, 0.29) is 12.0 Å². The molecule has 0 aromatic heterocycles. The lowest BCUT2D eigenvalue weighted by Crippen LogP contribution is -2.65. The normalized spacial score (nSPS) is 20.8. The van der Waals surface area contributed by atoms with Gasteiger partial charge in [0.2, 0.25) is 35.4 Å². The summed E-state index contributed by atoms with van der Waals surface area (Å²) in [6, 6.07) is 7.72. The van der Waals surface area contributed by atoms with Crippen molar-refractivity contribution in [3.8, 4) is 0 Å². The molecule has 20 nitrogen and oxygen atoms in total. The molecule has 0 bridgehead atoms. The van der Waals surface area contributed by atoms with Gasteiger partial charge in [0.1, 0.15) is 35.8 Å². The predicted molar refractivity (Wildman–Crippen MR) is 325 cm³/mol. The quantitative estimate of drug-likeness (QED) is 0.0628. The van der Waals surface area contributed by atoms with Crippen LogP contribution in [0.1, 0.15) is 154 Å². The van der Waals surface area contributed by atoms with Gasteiger partial charge >= 0.3 is 29.8 Å². The maximum atomic E-state index is 16.1. The van der Waals surface area contributed by atoms with Gasteiger partial charge in [-0.2, -0.15) is 26.3 Å². The summed E-state index contributed by atoms with van der Waals surface area (Å²) in [5.74, 6) is -29.9. The van der Waals surface area contributed by atoms with Crippen molar-refractivity contribution in [2.24, 2.45) is 10.8 Å². The van der Waals surface area contributed by atoms with E-state index in [1.165, 1.54) is 24.9 Å². The number of hydrogen-bond donors (Lipinski definition) is 7. The van der Waals surface area contributed by atoms with E-state index in [4.69, 9.17) is 4.74 Å². The Morgan fingerprint density at radius 2 is 1.10 bits per heavy atom. The maximum Gasteiger partial charge on any atom is 0.410 e. The molecule has 9 amide bonds. The third-order valence-electron chi connectivity index (χ3n) is 17.4. The van der Waals surface area contributed by atoms with Crippen LogP contribution in [0.5, 0.6) is 0 Å². The highest BCUT2D eigenvalue weighted by Gasteiger charge is 2.78. The third kappa shape index (κ3) is 15.6. The number of hydrogen-bond acceptors (Lipinski definition) is 11. The standard InChI is InChI=1S/C65H86F6N10O10/c1-35(72-12)51(82)77-49(60(3,4)5)55(86)80-33-40-30-41(29-28-39(40)31-47(80)53(84)75-45-26-18-22-37-20-14-16-24-43(37)45)73-57(88)63(66,67)65(70,71)64(68,69)58(89)74-42-32-48(54(85)76-46-27-19-23-38-21-15-17-25-44(38)46)81(34-42)56(87)50(61(6,7)8)78-52(83)36(2)79(13)59(90)91-62(9,10)11/h14-17,20-21,24-25,28-30,35-36,42,45-50,72H,18-19,22-23,26-27,31-34H2,1-13H3,(H,73,88)(H,74,89)(H,75,84)(H,76,85)(H,77,82)(H,78,83)/t35-,36-,42-,45+,46+,47-,48-,49+,50+/m0/s1. The number of nitrogens with zero attached hydrogens (tertiary/aromatic N) is 3. The summed E-state index contributed by atoms with van der Waals surface area (Å²) >= 11 is 0. The summed E-state index contributed by atoms with van der Waals surface area (Å²) in [6.07, 6.45) is 2.14. The van der Waals surface area contributed by atoms with Gasteiger partial charge in [0.05, 0.1) is 18.1 Å². The number of carbonyl (C=O) groups is 9. The molecule has 1 fully saturated rings. The Morgan fingerprint density at radius 3 is 1.62 bits per heavy atom. The van der Waals surface area contributed by atoms with E-state index in [9.17, 15) is 43.2 Å². The number of fused-ring (bicyclic) bond motifs is 3. The van der Waals surface area contributed by atoms with Gasteiger partial charge in [0.15, 0.2) is 0 Å². The number of alkyl halides is 6. The zero-order chi connectivity index (χ0) is 67.7. The van der Waals surface area contributed by atoms with Gasteiger partial charge in [-0.1, -0.05) is 96.1 Å². The molecule has 3 aromatic carbocycles. The second-order valence-electron chi connectivity index (χ2n) is 27.5. The molecule has 2 aliphatic heterocycles. The van der Waals surface area contributed by atoms with Crippen molar-refractivity contribution in [3.63, 3.8) is 0 Å². The van der Waals surface area contributed by atoms with Crippen LogP contribution >= 0.6 is 0 Å².